The predicted molar refractivity (Wildman–Crippen MR) is 72.7 cm³/mol. The van der Waals surface area contributed by atoms with E-state index in [9.17, 15) is 0 Å². The minimum absolute atomic E-state index is 0.00920. The number of benzene rings is 1. The quantitative estimate of drug-likeness (QED) is 0.897. The van der Waals surface area contributed by atoms with Gasteiger partial charge in [-0.2, -0.15) is 4.98 Å². The summed E-state index contributed by atoms with van der Waals surface area (Å²) in [5.41, 5.74) is 8.30. The molecule has 0 amide bonds. The summed E-state index contributed by atoms with van der Waals surface area (Å²) in [4.78, 5) is 4.31. The number of nitrogen functional groups attached to an aromatic ring is 1. The highest BCUT2D eigenvalue weighted by atomic mass is 16.5. The lowest BCUT2D eigenvalue weighted by atomic mass is 9.93. The maximum atomic E-state index is 5.76. The second-order valence-corrected chi connectivity index (χ2v) is 4.95. The Bertz CT molecular complexity index is 593. The van der Waals surface area contributed by atoms with Crippen LogP contribution in [0.25, 0.3) is 0 Å². The normalized spacial score (nSPS) is 22.2. The van der Waals surface area contributed by atoms with Crippen LogP contribution in [0.5, 0.6) is 0 Å². The van der Waals surface area contributed by atoms with Gasteiger partial charge in [-0.05, 0) is 30.9 Å². The molecule has 100 valence electrons. The zero-order chi connectivity index (χ0) is 13.4. The summed E-state index contributed by atoms with van der Waals surface area (Å²) >= 11 is 0. The predicted octanol–water partition coefficient (Wildman–Crippen LogP) is 2.24. The average Bonchev–Trinajstić information content (AvgIpc) is 2.80. The topological polar surface area (TPSA) is 66.0 Å². The van der Waals surface area contributed by atoms with Gasteiger partial charge in [0.05, 0.1) is 6.04 Å². The van der Waals surface area contributed by atoms with Gasteiger partial charge in [0.1, 0.15) is 6.10 Å². The molecule has 5 heteroatoms. The second kappa shape index (κ2) is 4.66. The van der Waals surface area contributed by atoms with Crippen molar-refractivity contribution < 1.29 is 4.74 Å². The first-order valence-electron chi connectivity index (χ1n) is 6.51. The molecule has 19 heavy (non-hydrogen) atoms. The number of rotatable bonds is 2. The van der Waals surface area contributed by atoms with Gasteiger partial charge in [-0.25, -0.2) is 4.68 Å². The maximum absolute atomic E-state index is 5.76. The van der Waals surface area contributed by atoms with Gasteiger partial charge in [-0.1, -0.05) is 24.3 Å². The van der Waals surface area contributed by atoms with Gasteiger partial charge < -0.3 is 10.5 Å². The Morgan fingerprint density at radius 3 is 2.84 bits per heavy atom. The van der Waals surface area contributed by atoms with Crippen molar-refractivity contribution >= 4 is 5.95 Å². The highest BCUT2D eigenvalue weighted by molar-refractivity contribution is 5.31. The van der Waals surface area contributed by atoms with E-state index in [0.717, 1.165) is 18.7 Å². The number of nitrogens with two attached hydrogens (primary N) is 1. The molecule has 0 saturated carbocycles. The number of nitrogens with zero attached hydrogens (tertiary/aromatic N) is 3. The molecular formula is C14H18N4O. The van der Waals surface area contributed by atoms with Crippen molar-refractivity contribution in [3.63, 3.8) is 0 Å². The lowest BCUT2D eigenvalue weighted by Gasteiger charge is -2.29. The van der Waals surface area contributed by atoms with Gasteiger partial charge in [0, 0.05) is 7.11 Å². The number of hydrogen-bond donors (Lipinski definition) is 1. The first-order chi connectivity index (χ1) is 9.20. The van der Waals surface area contributed by atoms with Crippen LogP contribution in [0, 0.1) is 6.92 Å². The largest absolute Gasteiger partial charge is 0.373 e. The number of anilines is 1. The molecule has 1 aromatic heterocycles. The molecule has 2 aromatic rings. The second-order valence-electron chi connectivity index (χ2n) is 4.95. The summed E-state index contributed by atoms with van der Waals surface area (Å²) in [7, 11) is 1.70. The Morgan fingerprint density at radius 2 is 2.11 bits per heavy atom. The molecule has 0 fully saturated rings. The summed E-state index contributed by atoms with van der Waals surface area (Å²) in [5.74, 6) is 1.15. The van der Waals surface area contributed by atoms with E-state index < -0.39 is 0 Å². The van der Waals surface area contributed by atoms with E-state index in [0.29, 0.717) is 5.95 Å². The monoisotopic (exact) mass is 258 g/mol. The standard InChI is InChI=1S/C14H18N4O/c1-9-5-3-4-6-10(9)11-7-8-12(19-2)13-16-14(15)17-18(11)13/h3-6,11-12H,7-8H2,1-2H3,(H2,15,17). The molecule has 0 radical (unpaired) electrons. The SMILES string of the molecule is COC1CCC(c2ccccc2C)n2nc(N)nc21. The number of aromatic nitrogens is 3. The van der Waals surface area contributed by atoms with Crippen LogP contribution in [0.1, 0.15) is 41.9 Å². The Hall–Kier alpha value is -1.88. The van der Waals surface area contributed by atoms with E-state index in [1.165, 1.54) is 11.1 Å². The minimum atomic E-state index is -0.00920. The Balaban J connectivity index is 2.08. The summed E-state index contributed by atoms with van der Waals surface area (Å²) < 4.78 is 7.39. The third-order valence-corrected chi connectivity index (χ3v) is 3.79. The summed E-state index contributed by atoms with van der Waals surface area (Å²) in [5, 5.41) is 4.35. The Labute approximate surface area is 112 Å². The molecule has 0 saturated heterocycles. The minimum Gasteiger partial charge on any atom is -0.373 e. The van der Waals surface area contributed by atoms with Crippen LogP contribution in [-0.2, 0) is 4.74 Å². The lowest BCUT2D eigenvalue weighted by molar-refractivity contribution is 0.0648. The fourth-order valence-corrected chi connectivity index (χ4v) is 2.83. The molecule has 5 nitrogen and oxygen atoms in total. The van der Waals surface area contributed by atoms with Crippen LogP contribution in [-0.4, -0.2) is 21.9 Å². The van der Waals surface area contributed by atoms with Crippen molar-refractivity contribution in [3.05, 3.63) is 41.2 Å². The van der Waals surface area contributed by atoms with Crippen LogP contribution in [0.2, 0.25) is 0 Å². The first kappa shape index (κ1) is 12.2. The molecule has 2 heterocycles. The Morgan fingerprint density at radius 1 is 1.32 bits per heavy atom. The highest BCUT2D eigenvalue weighted by Crippen LogP contribution is 2.37. The van der Waals surface area contributed by atoms with E-state index in [1.54, 1.807) is 7.11 Å². The van der Waals surface area contributed by atoms with Gasteiger partial charge in [-0.3, -0.25) is 0 Å². The van der Waals surface area contributed by atoms with Crippen LogP contribution in [0.3, 0.4) is 0 Å². The van der Waals surface area contributed by atoms with Gasteiger partial charge in [-0.15, -0.1) is 5.10 Å². The zero-order valence-corrected chi connectivity index (χ0v) is 11.2. The highest BCUT2D eigenvalue weighted by Gasteiger charge is 2.31. The molecule has 2 unspecified atom stereocenters. The molecule has 2 N–H and O–H groups in total. The molecule has 1 aromatic carbocycles. The van der Waals surface area contributed by atoms with E-state index in [-0.39, 0.29) is 12.1 Å². The van der Waals surface area contributed by atoms with E-state index in [2.05, 4.69) is 41.3 Å². The van der Waals surface area contributed by atoms with Crippen molar-refractivity contribution in [2.45, 2.75) is 31.9 Å². The van der Waals surface area contributed by atoms with Gasteiger partial charge in [0.2, 0.25) is 5.95 Å². The van der Waals surface area contributed by atoms with Crippen LogP contribution in [0.15, 0.2) is 24.3 Å². The van der Waals surface area contributed by atoms with Gasteiger partial charge in [0.15, 0.2) is 5.82 Å². The third-order valence-electron chi connectivity index (χ3n) is 3.79. The number of fused-ring (bicyclic) bond motifs is 1. The molecule has 1 aliphatic heterocycles. The number of hydrogen-bond acceptors (Lipinski definition) is 4. The summed E-state index contributed by atoms with van der Waals surface area (Å²) in [6.07, 6.45) is 1.91. The number of ether oxygens (including phenoxy) is 1. The van der Waals surface area contributed by atoms with Crippen LogP contribution < -0.4 is 5.73 Å². The van der Waals surface area contributed by atoms with Crippen molar-refractivity contribution in [2.75, 3.05) is 12.8 Å². The maximum Gasteiger partial charge on any atom is 0.239 e. The third kappa shape index (κ3) is 2.00. The van der Waals surface area contributed by atoms with Crippen LogP contribution in [0.4, 0.5) is 5.95 Å². The van der Waals surface area contributed by atoms with E-state index >= 15 is 0 Å². The van der Waals surface area contributed by atoms with Crippen molar-refractivity contribution in [2.24, 2.45) is 0 Å². The van der Waals surface area contributed by atoms with E-state index in [1.807, 2.05) is 4.68 Å². The Kier molecular flexibility index (Phi) is 2.98. The van der Waals surface area contributed by atoms with E-state index in [4.69, 9.17) is 10.5 Å². The molecule has 0 aliphatic carbocycles. The van der Waals surface area contributed by atoms with Crippen LogP contribution >= 0.6 is 0 Å². The zero-order valence-electron chi connectivity index (χ0n) is 11.2. The fourth-order valence-electron chi connectivity index (χ4n) is 2.83. The lowest BCUT2D eigenvalue weighted by Crippen LogP contribution is -2.24. The average molecular weight is 258 g/mol. The van der Waals surface area contributed by atoms with Crippen molar-refractivity contribution in [1.29, 1.82) is 0 Å². The van der Waals surface area contributed by atoms with Crippen molar-refractivity contribution in [1.82, 2.24) is 14.8 Å². The molecule has 3 rings (SSSR count). The molecule has 0 spiro atoms. The smallest absolute Gasteiger partial charge is 0.239 e. The number of methoxy groups -OCH3 is 1. The van der Waals surface area contributed by atoms with Crippen molar-refractivity contribution in [3.8, 4) is 0 Å². The van der Waals surface area contributed by atoms with Gasteiger partial charge in [0.25, 0.3) is 0 Å². The molecule has 1 aliphatic rings. The first-order valence-corrected chi connectivity index (χ1v) is 6.51. The van der Waals surface area contributed by atoms with Gasteiger partial charge >= 0.3 is 0 Å². The summed E-state index contributed by atoms with van der Waals surface area (Å²) in [6, 6.07) is 8.58. The molecule has 2 atom stereocenters. The fraction of sp³-hybridized carbons (Fsp3) is 0.429. The molecule has 0 bridgehead atoms. The summed E-state index contributed by atoms with van der Waals surface area (Å²) in [6.45, 7) is 2.12. The molecular weight excluding hydrogens is 240 g/mol. The number of aryl methyl sites for hydroxylation is 1.